The van der Waals surface area contributed by atoms with Gasteiger partial charge in [0, 0.05) is 24.7 Å². The first kappa shape index (κ1) is 33.9. The summed E-state index contributed by atoms with van der Waals surface area (Å²) in [6.45, 7) is 0.575. The number of hydrogen-bond donors (Lipinski definition) is 3. The number of urea groups is 1. The molecule has 0 saturated heterocycles. The van der Waals surface area contributed by atoms with Gasteiger partial charge in [0.25, 0.3) is 5.91 Å². The van der Waals surface area contributed by atoms with Crippen LogP contribution in [0.5, 0.6) is 0 Å². The van der Waals surface area contributed by atoms with Gasteiger partial charge in [-0.3, -0.25) is 19.8 Å². The van der Waals surface area contributed by atoms with Crippen LogP contribution in [0.1, 0.15) is 35.7 Å². The number of amides is 4. The standard InChI is InChI=1S/C17H16F2N6O3.C6H4ClF.C2H6.CHF3/c1-20-16(27)15-22-14(12-6-21-13(26)7-25(12)15)23-17(28)24-3-2-8-4-9(18)10(19)5-11(8)24;7-5-1-3-6(8)4-2-5;1-2;2-1(3)4/h4-5H,2-3,6-7H2,1H3,(H,20,27)(H,21,26)(H,23,28);1-4H;1-2H3;1H. The third-order valence-corrected chi connectivity index (χ3v) is 5.80. The van der Waals surface area contributed by atoms with Crippen LogP contribution in [0.15, 0.2) is 36.4 Å². The molecule has 2 aromatic carbocycles. The molecule has 42 heavy (non-hydrogen) atoms. The average Bonchev–Trinajstić information content (AvgIpc) is 3.52. The summed E-state index contributed by atoms with van der Waals surface area (Å²) in [4.78, 5) is 41.9. The lowest BCUT2D eigenvalue weighted by atomic mass is 10.1. The fourth-order valence-corrected chi connectivity index (χ4v) is 3.92. The molecular weight excluding hydrogens is 594 g/mol. The minimum Gasteiger partial charge on any atom is -0.352 e. The van der Waals surface area contributed by atoms with Gasteiger partial charge in [-0.15, -0.1) is 0 Å². The number of nitrogens with one attached hydrogen (secondary N) is 3. The summed E-state index contributed by atoms with van der Waals surface area (Å²) in [5.74, 6) is -2.91. The molecule has 228 valence electrons. The molecule has 0 bridgehead atoms. The summed E-state index contributed by atoms with van der Waals surface area (Å²) < 4.78 is 69.5. The molecule has 5 rings (SSSR count). The third kappa shape index (κ3) is 8.86. The summed E-state index contributed by atoms with van der Waals surface area (Å²) in [5.41, 5.74) is 1.28. The van der Waals surface area contributed by atoms with E-state index in [1.165, 1.54) is 40.8 Å². The molecule has 0 aliphatic carbocycles. The first-order valence-electron chi connectivity index (χ1n) is 12.4. The number of aromatic nitrogens is 2. The zero-order valence-electron chi connectivity index (χ0n) is 22.6. The number of alkyl halides is 3. The van der Waals surface area contributed by atoms with E-state index < -0.39 is 30.3 Å². The molecule has 2 aliphatic rings. The molecule has 1 aromatic heterocycles. The minimum atomic E-state index is -3.67. The number of imidazole rings is 1. The van der Waals surface area contributed by atoms with E-state index in [0.717, 1.165) is 12.1 Å². The molecule has 0 unspecified atom stereocenters. The molecule has 2 aliphatic heterocycles. The summed E-state index contributed by atoms with van der Waals surface area (Å²) in [6, 6.07) is 7.13. The van der Waals surface area contributed by atoms with Crippen molar-refractivity contribution in [2.75, 3.05) is 23.8 Å². The molecule has 16 heteroatoms. The Labute approximate surface area is 241 Å². The van der Waals surface area contributed by atoms with E-state index in [9.17, 15) is 40.7 Å². The SMILES string of the molecule is CC.CNC(=O)c1nc(NC(=O)N2CCc3cc(F)c(F)cc32)c2n1CC(=O)NC2.FC(F)F.Fc1ccc(Cl)cc1. The largest absolute Gasteiger partial charge is 0.379 e. The number of fused-ring (bicyclic) bond motifs is 2. The van der Waals surface area contributed by atoms with Crippen molar-refractivity contribution in [1.82, 2.24) is 20.2 Å². The predicted octanol–water partition coefficient (Wildman–Crippen LogP) is 5.43. The zero-order valence-corrected chi connectivity index (χ0v) is 23.3. The molecule has 3 heterocycles. The lowest BCUT2D eigenvalue weighted by Crippen LogP contribution is -2.37. The Bertz CT molecular complexity index is 1380. The number of rotatable bonds is 2. The van der Waals surface area contributed by atoms with Gasteiger partial charge in [0.1, 0.15) is 12.4 Å². The second-order valence-corrected chi connectivity index (χ2v) is 8.52. The number of halogens is 7. The van der Waals surface area contributed by atoms with Gasteiger partial charge in [-0.2, -0.15) is 13.2 Å². The van der Waals surface area contributed by atoms with Crippen LogP contribution in [-0.4, -0.2) is 47.7 Å². The highest BCUT2D eigenvalue weighted by atomic mass is 35.5. The van der Waals surface area contributed by atoms with Crippen molar-refractivity contribution >= 4 is 41.0 Å². The van der Waals surface area contributed by atoms with Crippen LogP contribution in [0.3, 0.4) is 0 Å². The van der Waals surface area contributed by atoms with Crippen molar-refractivity contribution in [2.24, 2.45) is 0 Å². The maximum absolute atomic E-state index is 13.6. The third-order valence-electron chi connectivity index (χ3n) is 5.55. The van der Waals surface area contributed by atoms with Gasteiger partial charge in [-0.25, -0.2) is 22.9 Å². The summed E-state index contributed by atoms with van der Waals surface area (Å²) in [7, 11) is 1.43. The molecule has 3 N–H and O–H groups in total. The van der Waals surface area contributed by atoms with E-state index in [1.807, 2.05) is 13.8 Å². The van der Waals surface area contributed by atoms with Gasteiger partial charge >= 0.3 is 12.7 Å². The Kier molecular flexibility index (Phi) is 12.6. The highest BCUT2D eigenvalue weighted by molar-refractivity contribution is 6.30. The Balaban J connectivity index is 0.000000366. The Hall–Kier alpha value is -4.27. The summed E-state index contributed by atoms with van der Waals surface area (Å²) in [6.07, 6.45) is 0.390. The minimum absolute atomic E-state index is 0.00223. The molecule has 9 nitrogen and oxygen atoms in total. The quantitative estimate of drug-likeness (QED) is 0.332. The van der Waals surface area contributed by atoms with Crippen LogP contribution in [0.4, 0.5) is 42.6 Å². The summed E-state index contributed by atoms with van der Waals surface area (Å²) in [5, 5.41) is 8.24. The fourth-order valence-electron chi connectivity index (χ4n) is 3.79. The van der Waals surface area contributed by atoms with E-state index in [0.29, 0.717) is 22.7 Å². The van der Waals surface area contributed by atoms with Gasteiger partial charge < -0.3 is 15.2 Å². The average molecular weight is 621 g/mol. The maximum Gasteiger partial charge on any atom is 0.379 e. The van der Waals surface area contributed by atoms with Gasteiger partial charge in [-0.1, -0.05) is 25.4 Å². The van der Waals surface area contributed by atoms with Crippen LogP contribution >= 0.6 is 11.6 Å². The van der Waals surface area contributed by atoms with Gasteiger partial charge in [0.2, 0.25) is 11.7 Å². The first-order valence-corrected chi connectivity index (χ1v) is 12.8. The number of anilines is 2. The number of carbonyl (C=O) groups excluding carboxylic acids is 3. The second kappa shape index (κ2) is 15.7. The van der Waals surface area contributed by atoms with E-state index in [2.05, 4.69) is 20.9 Å². The van der Waals surface area contributed by atoms with Crippen LogP contribution in [0.2, 0.25) is 5.02 Å². The number of nitrogens with zero attached hydrogens (tertiary/aromatic N) is 3. The molecule has 0 fully saturated rings. The monoisotopic (exact) mass is 620 g/mol. The topological polar surface area (TPSA) is 108 Å². The van der Waals surface area contributed by atoms with E-state index in [4.69, 9.17) is 11.6 Å². The van der Waals surface area contributed by atoms with E-state index in [-0.39, 0.29) is 48.7 Å². The van der Waals surface area contributed by atoms with Crippen LogP contribution < -0.4 is 20.9 Å². The first-order chi connectivity index (χ1) is 19.9. The molecule has 0 radical (unpaired) electrons. The number of benzene rings is 2. The van der Waals surface area contributed by atoms with Crippen LogP contribution in [0.25, 0.3) is 0 Å². The maximum atomic E-state index is 13.6. The van der Waals surface area contributed by atoms with E-state index in [1.54, 1.807) is 0 Å². The van der Waals surface area contributed by atoms with Gasteiger partial charge in [0.05, 0.1) is 17.9 Å². The fraction of sp³-hybridized carbons (Fsp3) is 0.308. The molecule has 0 atom stereocenters. The van der Waals surface area contributed by atoms with Gasteiger partial charge in [0.15, 0.2) is 17.5 Å². The summed E-state index contributed by atoms with van der Waals surface area (Å²) >= 11 is 5.44. The van der Waals surface area contributed by atoms with Crippen molar-refractivity contribution in [3.63, 3.8) is 0 Å². The zero-order chi connectivity index (χ0) is 31.6. The highest BCUT2D eigenvalue weighted by Gasteiger charge is 2.31. The number of carbonyl (C=O) groups is 3. The van der Waals surface area contributed by atoms with Crippen molar-refractivity contribution in [1.29, 1.82) is 0 Å². The number of hydrogen-bond acceptors (Lipinski definition) is 4. The second-order valence-electron chi connectivity index (χ2n) is 8.08. The van der Waals surface area contributed by atoms with Crippen molar-refractivity contribution in [2.45, 2.75) is 40.0 Å². The highest BCUT2D eigenvalue weighted by Crippen LogP contribution is 2.31. The predicted molar refractivity (Wildman–Crippen MR) is 144 cm³/mol. The molecule has 0 spiro atoms. The Morgan fingerprint density at radius 3 is 2.21 bits per heavy atom. The van der Waals surface area contributed by atoms with Crippen molar-refractivity contribution < 1.29 is 40.7 Å². The molecule has 3 aromatic rings. The lowest BCUT2D eigenvalue weighted by molar-refractivity contribution is -0.122. The van der Waals surface area contributed by atoms with Crippen LogP contribution in [-0.2, 0) is 24.3 Å². The molecule has 0 saturated carbocycles. The lowest BCUT2D eigenvalue weighted by Gasteiger charge is -2.20. The van der Waals surface area contributed by atoms with E-state index >= 15 is 0 Å². The molecule has 4 amide bonds. The van der Waals surface area contributed by atoms with Crippen LogP contribution in [0, 0.1) is 17.5 Å². The van der Waals surface area contributed by atoms with Crippen molar-refractivity contribution in [3.05, 3.63) is 76.0 Å². The van der Waals surface area contributed by atoms with Crippen molar-refractivity contribution in [3.8, 4) is 0 Å². The Morgan fingerprint density at radius 1 is 1.05 bits per heavy atom. The van der Waals surface area contributed by atoms with Gasteiger partial charge in [-0.05, 0) is 42.3 Å². The smallest absolute Gasteiger partial charge is 0.352 e. The normalized spacial score (nSPS) is 12.7. The Morgan fingerprint density at radius 2 is 1.64 bits per heavy atom. The molecular formula is C26H27ClF6N6O3.